The Hall–Kier alpha value is -1.97. The SMILES string of the molecule is CC(=O)c1ccc(C(O)(c2c(C)cccc2C)C2CCN(C)CC2)cc1. The minimum absolute atomic E-state index is 0.0476. The molecule has 3 nitrogen and oxygen atoms in total. The zero-order valence-electron chi connectivity index (χ0n) is 16.2. The Morgan fingerprint density at radius 3 is 2.08 bits per heavy atom. The highest BCUT2D eigenvalue weighted by Crippen LogP contribution is 2.44. The van der Waals surface area contributed by atoms with Crippen LogP contribution in [0.15, 0.2) is 42.5 Å². The van der Waals surface area contributed by atoms with Crippen molar-refractivity contribution in [3.05, 3.63) is 70.3 Å². The minimum atomic E-state index is -1.04. The van der Waals surface area contributed by atoms with Crippen molar-refractivity contribution < 1.29 is 9.90 Å². The summed E-state index contributed by atoms with van der Waals surface area (Å²) in [4.78, 5) is 14.0. The number of benzene rings is 2. The molecule has 0 spiro atoms. The first kappa shape index (κ1) is 18.8. The lowest BCUT2D eigenvalue weighted by atomic mass is 9.69. The van der Waals surface area contributed by atoms with Crippen LogP contribution >= 0.6 is 0 Å². The minimum Gasteiger partial charge on any atom is -0.380 e. The first-order valence-electron chi connectivity index (χ1n) is 9.43. The van der Waals surface area contributed by atoms with Gasteiger partial charge < -0.3 is 10.0 Å². The normalized spacial score (nSPS) is 18.5. The third-order valence-corrected chi connectivity index (χ3v) is 5.90. The van der Waals surface area contributed by atoms with E-state index >= 15 is 0 Å². The number of piperidine rings is 1. The van der Waals surface area contributed by atoms with E-state index < -0.39 is 5.60 Å². The number of ketones is 1. The van der Waals surface area contributed by atoms with E-state index in [0.29, 0.717) is 5.56 Å². The summed E-state index contributed by atoms with van der Waals surface area (Å²) in [6.07, 6.45) is 1.91. The highest BCUT2D eigenvalue weighted by molar-refractivity contribution is 5.94. The number of hydrogen-bond donors (Lipinski definition) is 1. The monoisotopic (exact) mass is 351 g/mol. The predicted molar refractivity (Wildman–Crippen MR) is 106 cm³/mol. The first-order valence-corrected chi connectivity index (χ1v) is 9.43. The molecule has 1 aliphatic heterocycles. The molecule has 1 N–H and O–H groups in total. The van der Waals surface area contributed by atoms with Crippen molar-refractivity contribution in [1.29, 1.82) is 0 Å². The number of aliphatic hydroxyl groups is 1. The van der Waals surface area contributed by atoms with Gasteiger partial charge in [0.05, 0.1) is 0 Å². The Kier molecular flexibility index (Phi) is 5.31. The number of aryl methyl sites for hydroxylation is 2. The van der Waals surface area contributed by atoms with Crippen LogP contribution in [0.4, 0.5) is 0 Å². The van der Waals surface area contributed by atoms with Crippen molar-refractivity contribution in [1.82, 2.24) is 4.90 Å². The number of carbonyl (C=O) groups excluding carboxylic acids is 1. The summed E-state index contributed by atoms with van der Waals surface area (Å²) in [6, 6.07) is 13.7. The van der Waals surface area contributed by atoms with Crippen LogP contribution in [0.3, 0.4) is 0 Å². The lowest BCUT2D eigenvalue weighted by molar-refractivity contribution is -0.0118. The van der Waals surface area contributed by atoms with Gasteiger partial charge in [-0.1, -0.05) is 42.5 Å². The van der Waals surface area contributed by atoms with Gasteiger partial charge in [0, 0.05) is 5.56 Å². The highest BCUT2D eigenvalue weighted by Gasteiger charge is 2.42. The Bertz CT molecular complexity index is 768. The van der Waals surface area contributed by atoms with Gasteiger partial charge in [-0.15, -0.1) is 0 Å². The molecule has 138 valence electrons. The summed E-state index contributed by atoms with van der Waals surface area (Å²) >= 11 is 0. The summed E-state index contributed by atoms with van der Waals surface area (Å²) in [6.45, 7) is 7.70. The zero-order chi connectivity index (χ0) is 18.9. The standard InChI is InChI=1S/C23H29NO2/c1-16-6-5-7-17(2)22(16)23(26,21-12-14-24(4)15-13-21)20-10-8-19(9-11-20)18(3)25/h5-11,21,26H,12-15H2,1-4H3. The smallest absolute Gasteiger partial charge is 0.159 e. The van der Waals surface area contributed by atoms with Gasteiger partial charge in [0.2, 0.25) is 0 Å². The van der Waals surface area contributed by atoms with Gasteiger partial charge in [0.15, 0.2) is 5.78 Å². The molecule has 1 aliphatic rings. The maximum atomic E-state index is 12.2. The second kappa shape index (κ2) is 7.34. The maximum absolute atomic E-state index is 12.2. The average Bonchev–Trinajstić information content (AvgIpc) is 2.62. The van der Waals surface area contributed by atoms with Crippen molar-refractivity contribution in [3.63, 3.8) is 0 Å². The first-order chi connectivity index (χ1) is 12.3. The van der Waals surface area contributed by atoms with E-state index in [9.17, 15) is 9.90 Å². The number of nitrogens with zero attached hydrogens (tertiary/aromatic N) is 1. The molecule has 2 aromatic rings. The van der Waals surface area contributed by atoms with Gasteiger partial charge in [-0.05, 0) is 81.9 Å². The van der Waals surface area contributed by atoms with Gasteiger partial charge in [0.25, 0.3) is 0 Å². The molecule has 0 bridgehead atoms. The third-order valence-electron chi connectivity index (χ3n) is 5.90. The summed E-state index contributed by atoms with van der Waals surface area (Å²) in [7, 11) is 2.13. The van der Waals surface area contributed by atoms with Gasteiger partial charge in [-0.2, -0.15) is 0 Å². The number of hydrogen-bond acceptors (Lipinski definition) is 3. The van der Waals surface area contributed by atoms with Gasteiger partial charge in [-0.3, -0.25) is 4.79 Å². The molecule has 2 aromatic carbocycles. The van der Waals surface area contributed by atoms with E-state index in [1.807, 2.05) is 30.3 Å². The maximum Gasteiger partial charge on any atom is 0.159 e. The van der Waals surface area contributed by atoms with Crippen molar-refractivity contribution in [2.75, 3.05) is 20.1 Å². The van der Waals surface area contributed by atoms with E-state index in [2.05, 4.69) is 37.9 Å². The van der Waals surface area contributed by atoms with E-state index in [4.69, 9.17) is 0 Å². The largest absolute Gasteiger partial charge is 0.380 e. The van der Waals surface area contributed by atoms with Gasteiger partial charge in [0.1, 0.15) is 5.60 Å². The van der Waals surface area contributed by atoms with E-state index in [0.717, 1.165) is 48.2 Å². The molecule has 3 heteroatoms. The second-order valence-corrected chi connectivity index (χ2v) is 7.74. The molecule has 0 saturated carbocycles. The Morgan fingerprint density at radius 2 is 1.58 bits per heavy atom. The van der Waals surface area contributed by atoms with Crippen molar-refractivity contribution in [3.8, 4) is 0 Å². The summed E-state index contributed by atoms with van der Waals surface area (Å²) in [5.41, 5.74) is 3.77. The molecule has 1 saturated heterocycles. The fourth-order valence-electron chi connectivity index (χ4n) is 4.39. The summed E-state index contributed by atoms with van der Waals surface area (Å²) in [5, 5.41) is 12.2. The Labute approximate surface area is 156 Å². The predicted octanol–water partition coefficient (Wildman–Crippen LogP) is 4.08. The molecule has 0 radical (unpaired) electrons. The van der Waals surface area contributed by atoms with Crippen molar-refractivity contribution in [2.24, 2.45) is 5.92 Å². The van der Waals surface area contributed by atoms with Crippen molar-refractivity contribution >= 4 is 5.78 Å². The lowest BCUT2D eigenvalue weighted by Gasteiger charge is -2.43. The molecule has 1 fully saturated rings. The molecule has 26 heavy (non-hydrogen) atoms. The van der Waals surface area contributed by atoms with Crippen LogP contribution in [0, 0.1) is 19.8 Å². The van der Waals surface area contributed by atoms with Crippen LogP contribution in [-0.4, -0.2) is 35.9 Å². The van der Waals surface area contributed by atoms with E-state index in [-0.39, 0.29) is 11.7 Å². The lowest BCUT2D eigenvalue weighted by Crippen LogP contribution is -2.44. The molecular formula is C23H29NO2. The topological polar surface area (TPSA) is 40.5 Å². The van der Waals surface area contributed by atoms with Crippen molar-refractivity contribution in [2.45, 2.75) is 39.2 Å². The third kappa shape index (κ3) is 3.34. The zero-order valence-corrected chi connectivity index (χ0v) is 16.2. The highest BCUT2D eigenvalue weighted by atomic mass is 16.3. The second-order valence-electron chi connectivity index (χ2n) is 7.74. The fourth-order valence-corrected chi connectivity index (χ4v) is 4.39. The Balaban J connectivity index is 2.14. The average molecular weight is 351 g/mol. The van der Waals surface area contributed by atoms with Crippen LogP contribution in [0.5, 0.6) is 0 Å². The number of Topliss-reactive ketones (excluding diaryl/α,β-unsaturated/α-hetero) is 1. The van der Waals surface area contributed by atoms with Crippen LogP contribution in [0.2, 0.25) is 0 Å². The van der Waals surface area contributed by atoms with Gasteiger partial charge in [-0.25, -0.2) is 0 Å². The Morgan fingerprint density at radius 1 is 1.04 bits per heavy atom. The van der Waals surface area contributed by atoms with Gasteiger partial charge >= 0.3 is 0 Å². The number of rotatable bonds is 4. The molecule has 1 unspecified atom stereocenters. The quantitative estimate of drug-likeness (QED) is 0.844. The van der Waals surface area contributed by atoms with Crippen LogP contribution < -0.4 is 0 Å². The van der Waals surface area contributed by atoms with Crippen LogP contribution in [0.25, 0.3) is 0 Å². The molecule has 3 rings (SSSR count). The number of carbonyl (C=O) groups is 1. The van der Waals surface area contributed by atoms with E-state index in [1.54, 1.807) is 6.92 Å². The van der Waals surface area contributed by atoms with Crippen LogP contribution in [-0.2, 0) is 5.60 Å². The van der Waals surface area contributed by atoms with E-state index in [1.165, 1.54) is 0 Å². The molecule has 1 atom stereocenters. The molecule has 0 aromatic heterocycles. The number of likely N-dealkylation sites (tertiary alicyclic amines) is 1. The molecule has 0 amide bonds. The summed E-state index contributed by atoms with van der Waals surface area (Å²) < 4.78 is 0. The molecule has 1 heterocycles. The van der Waals surface area contributed by atoms with Crippen LogP contribution in [0.1, 0.15) is 52.4 Å². The molecule has 0 aliphatic carbocycles. The fraction of sp³-hybridized carbons (Fsp3) is 0.435. The summed E-state index contributed by atoms with van der Waals surface area (Å²) in [5.74, 6) is 0.202. The molecular weight excluding hydrogens is 322 g/mol.